The molecule has 1 aromatic rings. The Morgan fingerprint density at radius 2 is 1.85 bits per heavy atom. The number of aliphatic hydroxyl groups excluding tert-OH is 4. The average Bonchev–Trinajstić information content (AvgIpc) is 2.60. The van der Waals surface area contributed by atoms with Gasteiger partial charge in [0.25, 0.3) is 10.4 Å². The molecule has 0 radical (unpaired) electrons. The number of benzene rings is 1. The lowest BCUT2D eigenvalue weighted by molar-refractivity contribution is -0.205. The minimum atomic E-state index is -5.08. The first-order valence-electron chi connectivity index (χ1n) is 7.43. The Hall–Kier alpha value is -1.25. The van der Waals surface area contributed by atoms with Gasteiger partial charge in [-0.05, 0) is 5.56 Å². The lowest BCUT2D eigenvalue weighted by Gasteiger charge is -2.39. The maximum absolute atomic E-state index is 10.7. The van der Waals surface area contributed by atoms with Gasteiger partial charge >= 0.3 is 0 Å². The fraction of sp³-hybridized carbons (Fsp3) is 0.500. The van der Waals surface area contributed by atoms with E-state index in [2.05, 4.69) is 9.44 Å². The van der Waals surface area contributed by atoms with Gasteiger partial charge in [-0.15, -0.1) is 0 Å². The molecule has 1 heterocycles. The predicted molar refractivity (Wildman–Crippen MR) is 89.7 cm³/mol. The smallest absolute Gasteiger partial charge is 0.284 e. The van der Waals surface area contributed by atoms with E-state index in [1.54, 1.807) is 30.3 Å². The standard InChI is InChI=1S/C14H19NO9S2/c16-7-9-11(17)12(18)13(19)14(23-9)25-10(15-24-26(20,21)22)6-8-4-2-1-3-5-8/h1-5,9,11-14,16-19H,6-7H2,(H,20,21,22)/p-1/b15-10+/t9-,11-,12-,13-,14+/m1/s1. The van der Waals surface area contributed by atoms with Gasteiger partial charge in [0.2, 0.25) is 0 Å². The maximum Gasteiger partial charge on any atom is 0.284 e. The second-order valence-corrected chi connectivity index (χ2v) is 7.58. The Balaban J connectivity index is 2.19. The number of ether oxygens (including phenoxy) is 1. The highest BCUT2D eigenvalue weighted by molar-refractivity contribution is 8.14. The third kappa shape index (κ3) is 5.89. The van der Waals surface area contributed by atoms with E-state index >= 15 is 0 Å². The fourth-order valence-electron chi connectivity index (χ4n) is 2.25. The quantitative estimate of drug-likeness (QED) is 0.144. The molecule has 10 nitrogen and oxygen atoms in total. The van der Waals surface area contributed by atoms with E-state index in [-0.39, 0.29) is 11.5 Å². The first-order chi connectivity index (χ1) is 12.2. The maximum atomic E-state index is 10.7. The largest absolute Gasteiger partial charge is 0.714 e. The van der Waals surface area contributed by atoms with Crippen LogP contribution in [0.1, 0.15) is 5.56 Å². The van der Waals surface area contributed by atoms with Gasteiger partial charge in [-0.25, -0.2) is 0 Å². The SMILES string of the molecule is O=S(=O)([O-])O/N=C(\Cc1ccccc1)S[C@@H]1O[C@H](CO)[C@@H](O)[C@@H](O)[C@H]1O. The predicted octanol–water partition coefficient (Wildman–Crippen LogP) is -1.45. The van der Waals surface area contributed by atoms with Gasteiger partial charge in [0.05, 0.1) is 6.61 Å². The second kappa shape index (κ2) is 9.10. The summed E-state index contributed by atoms with van der Waals surface area (Å²) in [6.45, 7) is -0.612. The van der Waals surface area contributed by atoms with Crippen molar-refractivity contribution >= 4 is 27.2 Å². The van der Waals surface area contributed by atoms with Crippen molar-refractivity contribution in [1.82, 2.24) is 0 Å². The molecule has 0 bridgehead atoms. The summed E-state index contributed by atoms with van der Waals surface area (Å²) in [4.78, 5) is 0. The van der Waals surface area contributed by atoms with Crippen LogP contribution >= 0.6 is 11.8 Å². The van der Waals surface area contributed by atoms with Crippen molar-refractivity contribution < 1.29 is 42.4 Å². The number of hydrogen-bond donors (Lipinski definition) is 4. The van der Waals surface area contributed by atoms with E-state index in [0.717, 1.165) is 0 Å². The van der Waals surface area contributed by atoms with Crippen LogP contribution in [0, 0.1) is 0 Å². The first kappa shape index (κ1) is 21.1. The summed E-state index contributed by atoms with van der Waals surface area (Å²) < 4.78 is 41.2. The van der Waals surface area contributed by atoms with Crippen molar-refractivity contribution in [2.24, 2.45) is 5.16 Å². The number of nitrogens with zero attached hydrogens (tertiary/aromatic N) is 1. The lowest BCUT2D eigenvalue weighted by Crippen LogP contribution is -2.57. The van der Waals surface area contributed by atoms with Crippen molar-refractivity contribution in [2.75, 3.05) is 6.61 Å². The van der Waals surface area contributed by atoms with Crippen LogP contribution in [-0.2, 0) is 25.8 Å². The monoisotopic (exact) mass is 408 g/mol. The molecule has 1 saturated heterocycles. The van der Waals surface area contributed by atoms with Crippen LogP contribution in [0.5, 0.6) is 0 Å². The van der Waals surface area contributed by atoms with Crippen molar-refractivity contribution in [3.05, 3.63) is 35.9 Å². The summed E-state index contributed by atoms with van der Waals surface area (Å²) >= 11 is 0.701. The lowest BCUT2D eigenvalue weighted by atomic mass is 10.0. The molecular weight excluding hydrogens is 390 g/mol. The summed E-state index contributed by atoms with van der Waals surface area (Å²) in [5, 5.41) is 42.1. The zero-order valence-electron chi connectivity index (χ0n) is 13.3. The number of aliphatic hydroxyl groups is 4. The molecule has 0 aromatic heterocycles. The van der Waals surface area contributed by atoms with E-state index in [0.29, 0.717) is 17.3 Å². The van der Waals surface area contributed by atoms with Gasteiger partial charge in [0.1, 0.15) is 34.9 Å². The minimum absolute atomic E-state index is 0.0278. The highest BCUT2D eigenvalue weighted by Crippen LogP contribution is 2.30. The molecular formula is C14H18NO9S2-. The molecule has 0 unspecified atom stereocenters. The van der Waals surface area contributed by atoms with Crippen LogP contribution in [0.3, 0.4) is 0 Å². The molecule has 2 rings (SSSR count). The summed E-state index contributed by atoms with van der Waals surface area (Å²) in [5.41, 5.74) is -0.485. The molecule has 146 valence electrons. The van der Waals surface area contributed by atoms with Gasteiger partial charge in [0, 0.05) is 6.42 Å². The van der Waals surface area contributed by atoms with Gasteiger partial charge in [-0.2, -0.15) is 8.42 Å². The molecule has 0 amide bonds. The van der Waals surface area contributed by atoms with Crippen molar-refractivity contribution in [3.63, 3.8) is 0 Å². The van der Waals surface area contributed by atoms with Crippen LogP contribution < -0.4 is 0 Å². The van der Waals surface area contributed by atoms with Crippen molar-refractivity contribution in [3.8, 4) is 0 Å². The number of thioether (sulfide) groups is 1. The van der Waals surface area contributed by atoms with Gasteiger partial charge in [-0.1, -0.05) is 47.2 Å². The Labute approximate surface area is 154 Å². The molecule has 0 saturated carbocycles. The van der Waals surface area contributed by atoms with Gasteiger partial charge in [-0.3, -0.25) is 4.28 Å². The number of rotatable bonds is 6. The second-order valence-electron chi connectivity index (χ2n) is 5.45. The molecule has 0 aliphatic carbocycles. The normalized spacial score (nSPS) is 30.2. The van der Waals surface area contributed by atoms with E-state index in [1.807, 2.05) is 0 Å². The van der Waals surface area contributed by atoms with Crippen molar-refractivity contribution in [2.45, 2.75) is 36.3 Å². The fourth-order valence-corrected chi connectivity index (χ4v) is 3.58. The van der Waals surface area contributed by atoms with E-state index in [9.17, 15) is 33.4 Å². The Morgan fingerprint density at radius 3 is 2.42 bits per heavy atom. The molecule has 1 aromatic carbocycles. The third-order valence-corrected chi connectivity index (χ3v) is 4.90. The highest BCUT2D eigenvalue weighted by atomic mass is 32.3. The molecule has 5 atom stereocenters. The van der Waals surface area contributed by atoms with E-state index in [4.69, 9.17) is 4.74 Å². The number of oxime groups is 1. The van der Waals surface area contributed by atoms with E-state index in [1.165, 1.54) is 0 Å². The molecule has 1 aliphatic heterocycles. The zero-order chi connectivity index (χ0) is 19.3. The molecule has 26 heavy (non-hydrogen) atoms. The highest BCUT2D eigenvalue weighted by Gasteiger charge is 2.44. The average molecular weight is 408 g/mol. The van der Waals surface area contributed by atoms with Crippen molar-refractivity contribution in [1.29, 1.82) is 0 Å². The Morgan fingerprint density at radius 1 is 1.19 bits per heavy atom. The van der Waals surface area contributed by atoms with Crippen LogP contribution in [0.2, 0.25) is 0 Å². The Bertz CT molecular complexity index is 710. The number of hydrogen-bond acceptors (Lipinski definition) is 11. The summed E-state index contributed by atoms with van der Waals surface area (Å²) in [6.07, 6.45) is -5.76. The molecule has 0 spiro atoms. The minimum Gasteiger partial charge on any atom is -0.714 e. The van der Waals surface area contributed by atoms with Gasteiger partial charge < -0.3 is 29.7 Å². The first-order valence-corrected chi connectivity index (χ1v) is 9.65. The van der Waals surface area contributed by atoms with Crippen LogP contribution in [0.4, 0.5) is 0 Å². The van der Waals surface area contributed by atoms with Crippen LogP contribution in [0.15, 0.2) is 35.5 Å². The summed E-state index contributed by atoms with van der Waals surface area (Å²) in [7, 11) is -5.08. The topological polar surface area (TPSA) is 169 Å². The molecule has 4 N–H and O–H groups in total. The zero-order valence-corrected chi connectivity index (χ0v) is 14.9. The summed E-state index contributed by atoms with van der Waals surface area (Å²) in [6, 6.07) is 8.67. The molecule has 1 aliphatic rings. The van der Waals surface area contributed by atoms with E-state index < -0.39 is 46.9 Å². The van der Waals surface area contributed by atoms with Gasteiger partial charge in [0.15, 0.2) is 0 Å². The molecule has 12 heteroatoms. The summed E-state index contributed by atoms with van der Waals surface area (Å²) in [5.74, 6) is 0. The Kier molecular flexibility index (Phi) is 7.37. The van der Waals surface area contributed by atoms with Crippen LogP contribution in [0.25, 0.3) is 0 Å². The molecule has 1 fully saturated rings. The van der Waals surface area contributed by atoms with Crippen LogP contribution in [-0.4, -0.2) is 74.9 Å². The third-order valence-electron chi connectivity index (χ3n) is 3.53.